The Morgan fingerprint density at radius 2 is 1.35 bits per heavy atom. The van der Waals surface area contributed by atoms with E-state index in [1.165, 1.54) is 6.07 Å². The van der Waals surface area contributed by atoms with Gasteiger partial charge in [-0.05, 0) is 24.0 Å². The Morgan fingerprint density at radius 3 is 1.94 bits per heavy atom. The van der Waals surface area contributed by atoms with E-state index in [9.17, 15) is 14.4 Å². The molecule has 0 N–H and O–H groups in total. The van der Waals surface area contributed by atoms with Crippen molar-refractivity contribution in [2.75, 3.05) is 0 Å². The van der Waals surface area contributed by atoms with Gasteiger partial charge in [0.15, 0.2) is 0 Å². The van der Waals surface area contributed by atoms with Gasteiger partial charge in [0.2, 0.25) is 0 Å². The fourth-order valence-corrected chi connectivity index (χ4v) is 2.34. The zero-order valence-electron chi connectivity index (χ0n) is 9.08. The summed E-state index contributed by atoms with van der Waals surface area (Å²) in [7, 11) is -4.72. The predicted molar refractivity (Wildman–Crippen MR) is 64.9 cm³/mol. The van der Waals surface area contributed by atoms with Gasteiger partial charge in [-0.3, -0.25) is 0 Å². The number of hydrogen-bond donors (Lipinski definition) is 0. The van der Waals surface area contributed by atoms with Crippen LogP contribution in [-0.2, 0) is 4.57 Å². The maximum Gasteiger partial charge on any atom is 2.00 e. The first kappa shape index (κ1) is 14.9. The summed E-state index contributed by atoms with van der Waals surface area (Å²) in [6.45, 7) is 0. The van der Waals surface area contributed by atoms with Crippen molar-refractivity contribution >= 4 is 50.6 Å². The van der Waals surface area contributed by atoms with Crippen LogP contribution in [0.15, 0.2) is 54.6 Å². The van der Waals surface area contributed by atoms with Gasteiger partial charge in [0.1, 0.15) is 0 Å². The van der Waals surface area contributed by atoms with Crippen LogP contribution < -0.4 is 15.1 Å². The van der Waals surface area contributed by atoms with E-state index in [1.807, 2.05) is 6.07 Å². The summed E-state index contributed by atoms with van der Waals surface area (Å²) in [6.07, 6.45) is 0. The molecule has 0 spiro atoms. The molecule has 17 heavy (non-hydrogen) atoms. The summed E-state index contributed by atoms with van der Waals surface area (Å²) in [4.78, 5) is 22.2. The molecule has 0 fully saturated rings. The molecular weight excluding hydrogens is 263 g/mol. The van der Waals surface area contributed by atoms with Crippen molar-refractivity contribution in [3.8, 4) is 11.1 Å². The third kappa shape index (κ3) is 3.65. The van der Waals surface area contributed by atoms with Crippen LogP contribution in [0.4, 0.5) is 0 Å². The van der Waals surface area contributed by atoms with E-state index in [0.717, 1.165) is 5.56 Å². The third-order valence-electron chi connectivity index (χ3n) is 2.28. The van der Waals surface area contributed by atoms with Gasteiger partial charge in [0.25, 0.3) is 0 Å². The van der Waals surface area contributed by atoms with E-state index < -0.39 is 7.60 Å². The van der Waals surface area contributed by atoms with Crippen molar-refractivity contribution in [2.24, 2.45) is 0 Å². The molecule has 0 heterocycles. The summed E-state index contributed by atoms with van der Waals surface area (Å²) >= 11 is 0. The Hall–Kier alpha value is -0.150. The molecule has 5 heteroatoms. The second-order valence-electron chi connectivity index (χ2n) is 3.38. The minimum absolute atomic E-state index is 0. The van der Waals surface area contributed by atoms with Gasteiger partial charge < -0.3 is 14.4 Å². The van der Waals surface area contributed by atoms with Crippen LogP contribution in [0, 0.1) is 0 Å². The second kappa shape index (κ2) is 6.14. The molecule has 82 valence electrons. The first-order valence-corrected chi connectivity index (χ1v) is 6.30. The SMILES string of the molecule is O=P([O-])([O-])c1ccccc1-c1ccccc1.[Ca+2]. The summed E-state index contributed by atoms with van der Waals surface area (Å²) in [5, 5.41) is -0.152. The minimum Gasteiger partial charge on any atom is -0.807 e. The largest absolute Gasteiger partial charge is 2.00 e. The molecule has 2 rings (SSSR count). The Balaban J connectivity index is 0.00000144. The quantitative estimate of drug-likeness (QED) is 0.591. The molecule has 0 atom stereocenters. The predicted octanol–water partition coefficient (Wildman–Crippen LogP) is 0.512. The second-order valence-corrected chi connectivity index (χ2v) is 4.86. The van der Waals surface area contributed by atoms with E-state index in [2.05, 4.69) is 0 Å². The molecule has 0 unspecified atom stereocenters. The first-order chi connectivity index (χ1) is 7.59. The maximum absolute atomic E-state index is 11.1. The molecule has 0 radical (unpaired) electrons. The monoisotopic (exact) mass is 272 g/mol. The first-order valence-electron chi connectivity index (χ1n) is 4.76. The van der Waals surface area contributed by atoms with Gasteiger partial charge in [-0.2, -0.15) is 0 Å². The van der Waals surface area contributed by atoms with Gasteiger partial charge >= 0.3 is 37.7 Å². The summed E-state index contributed by atoms with van der Waals surface area (Å²) in [5.74, 6) is 0. The molecule has 0 aliphatic heterocycles. The van der Waals surface area contributed by atoms with Crippen LogP contribution in [0.1, 0.15) is 0 Å². The summed E-state index contributed by atoms with van der Waals surface area (Å²) < 4.78 is 11.1. The topological polar surface area (TPSA) is 63.2 Å². The Bertz CT molecular complexity index is 536. The smallest absolute Gasteiger partial charge is 0.807 e. The van der Waals surface area contributed by atoms with E-state index in [4.69, 9.17) is 0 Å². The fourth-order valence-electron chi connectivity index (χ4n) is 1.57. The Labute approximate surface area is 130 Å². The molecule has 0 bridgehead atoms. The molecule has 0 saturated heterocycles. The standard InChI is InChI=1S/C12H11O3P.Ca/c13-16(14,15)12-9-5-4-8-11(12)10-6-2-1-3-7-10;/h1-9H,(H2,13,14,15);/q;+2/p-2. The van der Waals surface area contributed by atoms with Crippen LogP contribution in [-0.4, -0.2) is 37.7 Å². The molecule has 3 nitrogen and oxygen atoms in total. The van der Waals surface area contributed by atoms with Crippen molar-refractivity contribution in [3.05, 3.63) is 54.6 Å². The molecular formula is C12H9CaO3P. The van der Waals surface area contributed by atoms with E-state index >= 15 is 0 Å². The van der Waals surface area contributed by atoms with Gasteiger partial charge in [-0.1, -0.05) is 54.6 Å². The Morgan fingerprint density at radius 1 is 0.824 bits per heavy atom. The van der Waals surface area contributed by atoms with E-state index in [0.29, 0.717) is 5.56 Å². The summed E-state index contributed by atoms with van der Waals surface area (Å²) in [6, 6.07) is 15.2. The van der Waals surface area contributed by atoms with Crippen molar-refractivity contribution in [2.45, 2.75) is 0 Å². The van der Waals surface area contributed by atoms with Crippen molar-refractivity contribution in [3.63, 3.8) is 0 Å². The van der Waals surface area contributed by atoms with Gasteiger partial charge in [-0.15, -0.1) is 0 Å². The molecule has 2 aromatic carbocycles. The average molecular weight is 272 g/mol. The normalized spacial score (nSPS) is 10.7. The minimum atomic E-state index is -4.72. The van der Waals surface area contributed by atoms with E-state index in [-0.39, 0.29) is 43.0 Å². The van der Waals surface area contributed by atoms with Crippen LogP contribution in [0.2, 0.25) is 0 Å². The van der Waals surface area contributed by atoms with Gasteiger partial charge in [0.05, 0.1) is 0 Å². The number of hydrogen-bond acceptors (Lipinski definition) is 3. The van der Waals surface area contributed by atoms with Crippen LogP contribution in [0.3, 0.4) is 0 Å². The van der Waals surface area contributed by atoms with Crippen LogP contribution in [0.25, 0.3) is 11.1 Å². The van der Waals surface area contributed by atoms with Crippen LogP contribution >= 0.6 is 7.60 Å². The number of benzene rings is 2. The van der Waals surface area contributed by atoms with Gasteiger partial charge in [0, 0.05) is 0 Å². The molecule has 0 aliphatic rings. The zero-order valence-corrected chi connectivity index (χ0v) is 12.2. The third-order valence-corrected chi connectivity index (χ3v) is 3.26. The van der Waals surface area contributed by atoms with Crippen LogP contribution in [0.5, 0.6) is 0 Å². The molecule has 0 amide bonds. The van der Waals surface area contributed by atoms with Crippen molar-refractivity contribution < 1.29 is 14.4 Å². The molecule has 2 aromatic rings. The average Bonchev–Trinajstić information content (AvgIpc) is 2.29. The van der Waals surface area contributed by atoms with Crippen molar-refractivity contribution in [1.29, 1.82) is 0 Å². The fraction of sp³-hybridized carbons (Fsp3) is 0. The molecule has 0 aliphatic carbocycles. The van der Waals surface area contributed by atoms with E-state index in [1.54, 1.807) is 42.5 Å². The number of rotatable bonds is 2. The maximum atomic E-state index is 11.1. The molecule has 0 aromatic heterocycles. The van der Waals surface area contributed by atoms with Gasteiger partial charge in [-0.25, -0.2) is 0 Å². The molecule has 0 saturated carbocycles. The Kier molecular flexibility index (Phi) is 5.39. The zero-order chi connectivity index (χ0) is 11.6. The van der Waals surface area contributed by atoms with Crippen molar-refractivity contribution in [1.82, 2.24) is 0 Å². The summed E-state index contributed by atoms with van der Waals surface area (Å²) in [5.41, 5.74) is 1.18.